The summed E-state index contributed by atoms with van der Waals surface area (Å²) in [4.78, 5) is 13.2. The van der Waals surface area contributed by atoms with Crippen LogP contribution in [0.5, 0.6) is 0 Å². The Morgan fingerprint density at radius 3 is 2.62 bits per heavy atom. The molecule has 1 aromatic heterocycles. The molecule has 1 aromatic rings. The van der Waals surface area contributed by atoms with Crippen LogP contribution in [0.1, 0.15) is 13.8 Å². The van der Waals surface area contributed by atoms with Crippen molar-refractivity contribution in [2.24, 2.45) is 0 Å². The van der Waals surface area contributed by atoms with Crippen LogP contribution in [0.25, 0.3) is 0 Å². The Kier molecular flexibility index (Phi) is 3.24. The molecule has 0 aliphatic carbocycles. The Labute approximate surface area is 96.3 Å². The monoisotopic (exact) mass is 221 g/mol. The van der Waals surface area contributed by atoms with Crippen molar-refractivity contribution in [1.82, 2.24) is 14.9 Å². The van der Waals surface area contributed by atoms with Crippen LogP contribution in [0.3, 0.4) is 0 Å². The van der Waals surface area contributed by atoms with Crippen LogP contribution in [0, 0.1) is 0 Å². The minimum Gasteiger partial charge on any atom is -0.396 e. The van der Waals surface area contributed by atoms with Crippen LogP contribution in [0.2, 0.25) is 0 Å². The predicted octanol–water partition coefficient (Wildman–Crippen LogP) is 0.589. The van der Waals surface area contributed by atoms with Crippen LogP contribution in [0.15, 0.2) is 12.4 Å². The lowest BCUT2D eigenvalue weighted by Crippen LogP contribution is -2.52. The first-order chi connectivity index (χ1) is 7.70. The average Bonchev–Trinajstić information content (AvgIpc) is 2.30. The molecule has 16 heavy (non-hydrogen) atoms. The second-order valence-corrected chi connectivity index (χ2v) is 4.25. The minimum absolute atomic E-state index is 0.456. The van der Waals surface area contributed by atoms with Gasteiger partial charge in [0.15, 0.2) is 0 Å². The van der Waals surface area contributed by atoms with E-state index >= 15 is 0 Å². The van der Waals surface area contributed by atoms with Crippen molar-refractivity contribution in [2.45, 2.75) is 19.9 Å². The lowest BCUT2D eigenvalue weighted by Gasteiger charge is -2.39. The molecule has 2 N–H and O–H groups in total. The second-order valence-electron chi connectivity index (χ2n) is 4.25. The second kappa shape index (κ2) is 4.65. The molecule has 0 amide bonds. The molecule has 0 aromatic carbocycles. The van der Waals surface area contributed by atoms with Gasteiger partial charge in [-0.2, -0.15) is 0 Å². The quantitative estimate of drug-likeness (QED) is 0.792. The number of nitrogens with zero attached hydrogens (tertiary/aromatic N) is 4. The molecule has 2 heterocycles. The number of hydrogen-bond acceptors (Lipinski definition) is 5. The van der Waals surface area contributed by atoms with E-state index in [1.807, 2.05) is 0 Å². The van der Waals surface area contributed by atoms with Gasteiger partial charge in [0.1, 0.15) is 0 Å². The zero-order chi connectivity index (χ0) is 11.5. The third kappa shape index (κ3) is 2.24. The largest absolute Gasteiger partial charge is 0.396 e. The van der Waals surface area contributed by atoms with Crippen molar-refractivity contribution in [3.8, 4) is 0 Å². The van der Waals surface area contributed by atoms with Crippen molar-refractivity contribution in [3.63, 3.8) is 0 Å². The first-order valence-electron chi connectivity index (χ1n) is 5.77. The molecule has 5 heteroatoms. The summed E-state index contributed by atoms with van der Waals surface area (Å²) in [6.45, 7) is 8.65. The first-order valence-corrected chi connectivity index (χ1v) is 5.77. The summed E-state index contributed by atoms with van der Waals surface area (Å²) in [5, 5.41) is 0. The highest BCUT2D eigenvalue weighted by atomic mass is 15.3. The van der Waals surface area contributed by atoms with E-state index in [0.717, 1.165) is 32.1 Å². The molecule has 0 bridgehead atoms. The molecule has 5 nitrogen and oxygen atoms in total. The van der Waals surface area contributed by atoms with Crippen LogP contribution in [-0.2, 0) is 0 Å². The molecule has 1 atom stereocenters. The Morgan fingerprint density at radius 2 is 2.06 bits per heavy atom. The summed E-state index contributed by atoms with van der Waals surface area (Å²) < 4.78 is 0. The van der Waals surface area contributed by atoms with Gasteiger partial charge in [0.25, 0.3) is 0 Å². The summed E-state index contributed by atoms with van der Waals surface area (Å²) in [6.07, 6.45) is 3.34. The number of nitrogens with two attached hydrogens (primary N) is 1. The third-order valence-corrected chi connectivity index (χ3v) is 3.07. The summed E-state index contributed by atoms with van der Waals surface area (Å²) in [6, 6.07) is 0.456. The zero-order valence-electron chi connectivity index (χ0n) is 9.93. The van der Waals surface area contributed by atoms with Gasteiger partial charge >= 0.3 is 0 Å². The van der Waals surface area contributed by atoms with Crippen molar-refractivity contribution in [3.05, 3.63) is 12.4 Å². The van der Waals surface area contributed by atoms with E-state index in [2.05, 4.69) is 33.6 Å². The molecule has 1 aliphatic heterocycles. The van der Waals surface area contributed by atoms with Crippen LogP contribution in [0.4, 0.5) is 11.6 Å². The van der Waals surface area contributed by atoms with Crippen LogP contribution < -0.4 is 10.6 Å². The lowest BCUT2D eigenvalue weighted by molar-refractivity contribution is 0.238. The van der Waals surface area contributed by atoms with E-state index in [-0.39, 0.29) is 0 Å². The van der Waals surface area contributed by atoms with Crippen molar-refractivity contribution in [1.29, 1.82) is 0 Å². The maximum Gasteiger partial charge on any atom is 0.225 e. The van der Waals surface area contributed by atoms with Crippen molar-refractivity contribution in [2.75, 3.05) is 36.8 Å². The topological polar surface area (TPSA) is 58.3 Å². The minimum atomic E-state index is 0.456. The van der Waals surface area contributed by atoms with Gasteiger partial charge < -0.3 is 10.6 Å². The SMILES string of the molecule is CCN1CCN(c2ncc(N)cn2)C(C)C1. The number of aromatic nitrogens is 2. The normalized spacial score (nSPS) is 22.4. The van der Waals surface area contributed by atoms with Gasteiger partial charge in [0.05, 0.1) is 18.1 Å². The molecule has 0 radical (unpaired) electrons. The van der Waals surface area contributed by atoms with Gasteiger partial charge in [0, 0.05) is 25.7 Å². The van der Waals surface area contributed by atoms with Gasteiger partial charge in [0.2, 0.25) is 5.95 Å². The Morgan fingerprint density at radius 1 is 1.38 bits per heavy atom. The molecule has 1 saturated heterocycles. The highest BCUT2D eigenvalue weighted by Crippen LogP contribution is 2.16. The molecular formula is C11H19N5. The zero-order valence-corrected chi connectivity index (χ0v) is 9.93. The number of hydrogen-bond donors (Lipinski definition) is 1. The third-order valence-electron chi connectivity index (χ3n) is 3.07. The van der Waals surface area contributed by atoms with E-state index in [9.17, 15) is 0 Å². The van der Waals surface area contributed by atoms with E-state index in [1.54, 1.807) is 12.4 Å². The Hall–Kier alpha value is -1.36. The predicted molar refractivity (Wildman–Crippen MR) is 65.4 cm³/mol. The van der Waals surface area contributed by atoms with Crippen molar-refractivity contribution >= 4 is 11.6 Å². The molecule has 1 unspecified atom stereocenters. The highest BCUT2D eigenvalue weighted by molar-refractivity contribution is 5.39. The molecule has 1 aliphatic rings. The molecule has 0 saturated carbocycles. The molecular weight excluding hydrogens is 202 g/mol. The van der Waals surface area contributed by atoms with E-state index < -0.39 is 0 Å². The van der Waals surface area contributed by atoms with Gasteiger partial charge in [-0.3, -0.25) is 4.90 Å². The molecule has 88 valence electrons. The fourth-order valence-electron chi connectivity index (χ4n) is 2.10. The number of nitrogen functional groups attached to an aromatic ring is 1. The average molecular weight is 221 g/mol. The van der Waals surface area contributed by atoms with E-state index in [1.165, 1.54) is 0 Å². The Bertz CT molecular complexity index is 337. The number of anilines is 2. The van der Waals surface area contributed by atoms with Gasteiger partial charge in [-0.15, -0.1) is 0 Å². The first kappa shape index (κ1) is 11.1. The number of likely N-dealkylation sites (N-methyl/N-ethyl adjacent to an activating group) is 1. The van der Waals surface area contributed by atoms with Crippen LogP contribution >= 0.6 is 0 Å². The molecule has 2 rings (SSSR count). The summed E-state index contributed by atoms with van der Waals surface area (Å²) in [5.74, 6) is 0.789. The number of piperazine rings is 1. The standard InChI is InChI=1S/C11H19N5/c1-3-15-4-5-16(9(2)8-15)11-13-6-10(12)7-14-11/h6-7,9H,3-5,8,12H2,1-2H3. The van der Waals surface area contributed by atoms with Crippen LogP contribution in [-0.4, -0.2) is 47.1 Å². The maximum absolute atomic E-state index is 5.58. The fraction of sp³-hybridized carbons (Fsp3) is 0.636. The highest BCUT2D eigenvalue weighted by Gasteiger charge is 2.24. The summed E-state index contributed by atoms with van der Waals surface area (Å²) in [7, 11) is 0. The summed E-state index contributed by atoms with van der Waals surface area (Å²) in [5.41, 5.74) is 6.20. The van der Waals surface area contributed by atoms with Gasteiger partial charge in [-0.1, -0.05) is 6.92 Å². The molecule has 1 fully saturated rings. The van der Waals surface area contributed by atoms with E-state index in [0.29, 0.717) is 11.7 Å². The fourth-order valence-corrected chi connectivity index (χ4v) is 2.10. The lowest BCUT2D eigenvalue weighted by atomic mass is 10.2. The smallest absolute Gasteiger partial charge is 0.225 e. The Balaban J connectivity index is 2.08. The maximum atomic E-state index is 5.58. The van der Waals surface area contributed by atoms with E-state index in [4.69, 9.17) is 5.73 Å². The summed E-state index contributed by atoms with van der Waals surface area (Å²) >= 11 is 0. The van der Waals surface area contributed by atoms with Crippen molar-refractivity contribution < 1.29 is 0 Å². The van der Waals surface area contributed by atoms with Gasteiger partial charge in [-0.25, -0.2) is 9.97 Å². The molecule has 0 spiro atoms. The van der Waals surface area contributed by atoms with Gasteiger partial charge in [-0.05, 0) is 13.5 Å². The number of rotatable bonds is 2.